The Balaban J connectivity index is 2.11. The van der Waals surface area contributed by atoms with E-state index >= 15 is 0 Å². The molecular formula is C13H10BrNO3. The van der Waals surface area contributed by atoms with Crippen molar-refractivity contribution >= 4 is 21.9 Å². The van der Waals surface area contributed by atoms with Crippen molar-refractivity contribution in [2.24, 2.45) is 0 Å². The molecule has 92 valence electrons. The molecule has 0 bridgehead atoms. The molecule has 0 aliphatic heterocycles. The fourth-order valence-corrected chi connectivity index (χ4v) is 1.84. The van der Waals surface area contributed by atoms with Crippen molar-refractivity contribution in [3.63, 3.8) is 0 Å². The largest absolute Gasteiger partial charge is 0.487 e. The molecule has 0 fully saturated rings. The van der Waals surface area contributed by atoms with Crippen molar-refractivity contribution in [1.29, 1.82) is 0 Å². The summed E-state index contributed by atoms with van der Waals surface area (Å²) in [5, 5.41) is 8.99. The molecule has 0 radical (unpaired) electrons. The summed E-state index contributed by atoms with van der Waals surface area (Å²) in [6.45, 7) is 0.305. The molecule has 1 N–H and O–H groups in total. The van der Waals surface area contributed by atoms with E-state index in [4.69, 9.17) is 9.84 Å². The third kappa shape index (κ3) is 3.07. The highest BCUT2D eigenvalue weighted by molar-refractivity contribution is 9.10. The Labute approximate surface area is 112 Å². The van der Waals surface area contributed by atoms with Crippen molar-refractivity contribution in [3.8, 4) is 5.75 Å². The summed E-state index contributed by atoms with van der Waals surface area (Å²) < 4.78 is 6.05. The molecule has 4 nitrogen and oxygen atoms in total. The van der Waals surface area contributed by atoms with Gasteiger partial charge in [-0.2, -0.15) is 0 Å². The Kier molecular flexibility index (Phi) is 3.94. The minimum Gasteiger partial charge on any atom is -0.487 e. The van der Waals surface area contributed by atoms with Crippen LogP contribution in [-0.4, -0.2) is 16.1 Å². The van der Waals surface area contributed by atoms with Gasteiger partial charge in [0, 0.05) is 10.7 Å². The zero-order valence-corrected chi connectivity index (χ0v) is 10.9. The van der Waals surface area contributed by atoms with Gasteiger partial charge in [-0.05, 0) is 45.8 Å². The first-order valence-electron chi connectivity index (χ1n) is 5.21. The van der Waals surface area contributed by atoms with Crippen LogP contribution in [0.2, 0.25) is 0 Å². The molecule has 0 unspecified atom stereocenters. The molecule has 0 saturated heterocycles. The van der Waals surface area contributed by atoms with E-state index in [2.05, 4.69) is 20.9 Å². The van der Waals surface area contributed by atoms with Gasteiger partial charge in [-0.25, -0.2) is 4.79 Å². The second-order valence-electron chi connectivity index (χ2n) is 3.60. The number of halogens is 1. The summed E-state index contributed by atoms with van der Waals surface area (Å²) in [5.41, 5.74) is 1.02. The maximum absolute atomic E-state index is 11.0. The van der Waals surface area contributed by atoms with Crippen LogP contribution in [0.25, 0.3) is 0 Å². The lowest BCUT2D eigenvalue weighted by molar-refractivity contribution is 0.0695. The van der Waals surface area contributed by atoms with Gasteiger partial charge in [0.1, 0.15) is 12.4 Å². The number of rotatable bonds is 4. The van der Waals surface area contributed by atoms with Gasteiger partial charge < -0.3 is 9.84 Å². The molecule has 0 saturated carbocycles. The number of hydrogen-bond acceptors (Lipinski definition) is 3. The third-order valence-corrected chi connectivity index (χ3v) is 2.99. The van der Waals surface area contributed by atoms with Crippen LogP contribution >= 0.6 is 15.9 Å². The van der Waals surface area contributed by atoms with Crippen LogP contribution in [0.5, 0.6) is 5.75 Å². The first kappa shape index (κ1) is 12.6. The predicted octanol–water partition coefficient (Wildman–Crippen LogP) is 3.12. The average molecular weight is 308 g/mol. The number of hydrogen-bond donors (Lipinski definition) is 1. The SMILES string of the molecule is O=C(O)c1cc(COc2cccnc2)ccc1Br. The van der Waals surface area contributed by atoms with Crippen molar-refractivity contribution in [2.45, 2.75) is 6.61 Å². The van der Waals surface area contributed by atoms with Gasteiger partial charge >= 0.3 is 5.97 Å². The molecule has 0 atom stereocenters. The van der Waals surface area contributed by atoms with Crippen LogP contribution in [0.3, 0.4) is 0 Å². The van der Waals surface area contributed by atoms with E-state index in [0.29, 0.717) is 16.8 Å². The fraction of sp³-hybridized carbons (Fsp3) is 0.0769. The second-order valence-corrected chi connectivity index (χ2v) is 4.45. The molecule has 18 heavy (non-hydrogen) atoms. The molecule has 0 amide bonds. The first-order valence-corrected chi connectivity index (χ1v) is 6.00. The molecule has 1 aromatic carbocycles. The van der Waals surface area contributed by atoms with Crippen LogP contribution in [0.15, 0.2) is 47.2 Å². The van der Waals surface area contributed by atoms with Gasteiger partial charge in [-0.3, -0.25) is 4.98 Å². The fourth-order valence-electron chi connectivity index (χ4n) is 1.43. The van der Waals surface area contributed by atoms with Crippen molar-refractivity contribution in [2.75, 3.05) is 0 Å². The molecule has 5 heteroatoms. The average Bonchev–Trinajstić information content (AvgIpc) is 2.38. The topological polar surface area (TPSA) is 59.4 Å². The van der Waals surface area contributed by atoms with Gasteiger partial charge in [0.2, 0.25) is 0 Å². The van der Waals surface area contributed by atoms with E-state index in [9.17, 15) is 4.79 Å². The highest BCUT2D eigenvalue weighted by atomic mass is 79.9. The Morgan fingerprint density at radius 2 is 2.22 bits per heavy atom. The number of ether oxygens (including phenoxy) is 1. The zero-order chi connectivity index (χ0) is 13.0. The Morgan fingerprint density at radius 1 is 1.39 bits per heavy atom. The monoisotopic (exact) mass is 307 g/mol. The predicted molar refractivity (Wildman–Crippen MR) is 69.7 cm³/mol. The lowest BCUT2D eigenvalue weighted by atomic mass is 10.1. The number of carboxylic acids is 1. The van der Waals surface area contributed by atoms with Crippen LogP contribution in [0, 0.1) is 0 Å². The van der Waals surface area contributed by atoms with Crippen molar-refractivity contribution in [3.05, 3.63) is 58.3 Å². The van der Waals surface area contributed by atoms with E-state index < -0.39 is 5.97 Å². The summed E-state index contributed by atoms with van der Waals surface area (Å²) in [6.07, 6.45) is 3.27. The van der Waals surface area contributed by atoms with Gasteiger partial charge in [0.15, 0.2) is 0 Å². The minimum atomic E-state index is -0.967. The Bertz CT molecular complexity index is 557. The van der Waals surface area contributed by atoms with Crippen molar-refractivity contribution < 1.29 is 14.6 Å². The molecular weight excluding hydrogens is 298 g/mol. The standard InChI is InChI=1S/C13H10BrNO3/c14-12-4-3-9(6-11(12)13(16)17)8-18-10-2-1-5-15-7-10/h1-7H,8H2,(H,16,17). The smallest absolute Gasteiger partial charge is 0.336 e. The van der Waals surface area contributed by atoms with E-state index in [1.165, 1.54) is 0 Å². The number of aromatic nitrogens is 1. The maximum Gasteiger partial charge on any atom is 0.336 e. The van der Waals surface area contributed by atoms with Gasteiger partial charge in [0.05, 0.1) is 11.8 Å². The Hall–Kier alpha value is -1.88. The first-order chi connectivity index (χ1) is 8.66. The molecule has 1 heterocycles. The number of pyridine rings is 1. The van der Waals surface area contributed by atoms with Gasteiger partial charge in [-0.15, -0.1) is 0 Å². The molecule has 2 rings (SSSR count). The van der Waals surface area contributed by atoms with Crippen LogP contribution in [-0.2, 0) is 6.61 Å². The number of carbonyl (C=O) groups is 1. The Morgan fingerprint density at radius 3 is 2.89 bits per heavy atom. The van der Waals surface area contributed by atoms with Gasteiger partial charge in [-0.1, -0.05) is 6.07 Å². The summed E-state index contributed by atoms with van der Waals surface area (Å²) in [4.78, 5) is 14.9. The lowest BCUT2D eigenvalue weighted by Crippen LogP contribution is -2.01. The second kappa shape index (κ2) is 5.64. The summed E-state index contributed by atoms with van der Waals surface area (Å²) in [6, 6.07) is 8.67. The quantitative estimate of drug-likeness (QED) is 0.943. The van der Waals surface area contributed by atoms with Gasteiger partial charge in [0.25, 0.3) is 0 Å². The normalized spacial score (nSPS) is 10.1. The maximum atomic E-state index is 11.0. The number of carboxylic acid groups (broad SMARTS) is 1. The van der Waals surface area contributed by atoms with Crippen molar-refractivity contribution in [1.82, 2.24) is 4.98 Å². The summed E-state index contributed by atoms with van der Waals surface area (Å²) in [5.74, 6) is -0.317. The molecule has 0 spiro atoms. The molecule has 2 aromatic rings. The zero-order valence-electron chi connectivity index (χ0n) is 9.34. The molecule has 1 aromatic heterocycles. The van der Waals surface area contributed by atoms with E-state index in [-0.39, 0.29) is 5.56 Å². The van der Waals surface area contributed by atoms with Crippen LogP contribution < -0.4 is 4.74 Å². The number of nitrogens with zero attached hydrogens (tertiary/aromatic N) is 1. The highest BCUT2D eigenvalue weighted by Gasteiger charge is 2.09. The molecule has 0 aliphatic rings. The van der Waals surface area contributed by atoms with E-state index in [1.54, 1.807) is 36.7 Å². The minimum absolute atomic E-state index is 0.224. The van der Waals surface area contributed by atoms with E-state index in [1.807, 2.05) is 6.07 Å². The number of aromatic carboxylic acids is 1. The highest BCUT2D eigenvalue weighted by Crippen LogP contribution is 2.19. The third-order valence-electron chi connectivity index (χ3n) is 2.30. The lowest BCUT2D eigenvalue weighted by Gasteiger charge is -2.07. The van der Waals surface area contributed by atoms with Crippen LogP contribution in [0.1, 0.15) is 15.9 Å². The molecule has 0 aliphatic carbocycles. The van der Waals surface area contributed by atoms with Crippen LogP contribution in [0.4, 0.5) is 0 Å². The van der Waals surface area contributed by atoms with E-state index in [0.717, 1.165) is 5.56 Å². The summed E-state index contributed by atoms with van der Waals surface area (Å²) in [7, 11) is 0. The number of benzene rings is 1. The summed E-state index contributed by atoms with van der Waals surface area (Å²) >= 11 is 3.20.